The summed E-state index contributed by atoms with van der Waals surface area (Å²) in [6.45, 7) is 7.37. The molecule has 0 atom stereocenters. The summed E-state index contributed by atoms with van der Waals surface area (Å²) < 4.78 is 7.63. The Bertz CT molecular complexity index is 766. The third-order valence-electron chi connectivity index (χ3n) is 5.74. The lowest BCUT2D eigenvalue weighted by molar-refractivity contribution is -0.131. The molecular weight excluding hydrogens is 364 g/mol. The zero-order valence-electron chi connectivity index (χ0n) is 17.1. The van der Waals surface area contributed by atoms with Crippen molar-refractivity contribution in [2.45, 2.75) is 32.0 Å². The Hall–Kier alpha value is -2.15. The molecule has 2 fully saturated rings. The highest BCUT2D eigenvalue weighted by Gasteiger charge is 2.32. The predicted octanol–water partition coefficient (Wildman–Crippen LogP) is 1.95. The first-order valence-corrected chi connectivity index (χ1v) is 10.8. The molecule has 2 heterocycles. The van der Waals surface area contributed by atoms with Crippen molar-refractivity contribution < 1.29 is 9.53 Å². The summed E-state index contributed by atoms with van der Waals surface area (Å²) in [4.78, 5) is 17.3. The Morgan fingerprint density at radius 3 is 2.66 bits per heavy atom. The quantitative estimate of drug-likeness (QED) is 0.624. The first-order chi connectivity index (χ1) is 14.3. The summed E-state index contributed by atoms with van der Waals surface area (Å²) in [5.74, 6) is 0.210. The molecule has 4 rings (SSSR count). The van der Waals surface area contributed by atoms with Gasteiger partial charge in [0.15, 0.2) is 0 Å². The maximum Gasteiger partial charge on any atom is 0.237 e. The molecule has 6 nitrogen and oxygen atoms in total. The van der Waals surface area contributed by atoms with Crippen LogP contribution < -0.4 is 5.32 Å². The SMILES string of the molecule is O=C(CNCCN1CCOCC1)N(Cc1cccn1Cc1ccccc1)C1CC1. The number of benzene rings is 1. The minimum atomic E-state index is 0.210. The van der Waals surface area contributed by atoms with Crippen LogP contribution in [0.1, 0.15) is 24.1 Å². The molecule has 29 heavy (non-hydrogen) atoms. The summed E-state index contributed by atoms with van der Waals surface area (Å²) in [6, 6.07) is 15.1. The van der Waals surface area contributed by atoms with E-state index in [4.69, 9.17) is 4.74 Å². The van der Waals surface area contributed by atoms with Gasteiger partial charge in [-0.2, -0.15) is 0 Å². The molecule has 1 aromatic carbocycles. The van der Waals surface area contributed by atoms with Crippen LogP contribution in [0.25, 0.3) is 0 Å². The fourth-order valence-electron chi connectivity index (χ4n) is 3.87. The van der Waals surface area contributed by atoms with Gasteiger partial charge in [-0.1, -0.05) is 30.3 Å². The van der Waals surface area contributed by atoms with E-state index in [1.807, 2.05) is 6.07 Å². The van der Waals surface area contributed by atoms with E-state index in [1.54, 1.807) is 0 Å². The van der Waals surface area contributed by atoms with Gasteiger partial charge in [-0.15, -0.1) is 0 Å². The maximum atomic E-state index is 12.9. The molecule has 0 spiro atoms. The average Bonchev–Trinajstić information content (AvgIpc) is 3.51. The second-order valence-corrected chi connectivity index (χ2v) is 8.00. The van der Waals surface area contributed by atoms with Crippen molar-refractivity contribution in [2.24, 2.45) is 0 Å². The molecular formula is C23H32N4O2. The average molecular weight is 397 g/mol. The zero-order valence-corrected chi connectivity index (χ0v) is 17.1. The van der Waals surface area contributed by atoms with Crippen LogP contribution in [0.3, 0.4) is 0 Å². The molecule has 1 saturated heterocycles. The first kappa shape index (κ1) is 20.1. The van der Waals surface area contributed by atoms with E-state index in [2.05, 4.69) is 62.3 Å². The fraction of sp³-hybridized carbons (Fsp3) is 0.522. The number of aromatic nitrogens is 1. The smallest absolute Gasteiger partial charge is 0.237 e. The van der Waals surface area contributed by atoms with Gasteiger partial charge in [-0.25, -0.2) is 0 Å². The van der Waals surface area contributed by atoms with Crippen molar-refractivity contribution in [3.8, 4) is 0 Å². The van der Waals surface area contributed by atoms with Crippen molar-refractivity contribution in [2.75, 3.05) is 45.9 Å². The second-order valence-electron chi connectivity index (χ2n) is 8.00. The molecule has 2 aliphatic rings. The second kappa shape index (κ2) is 10.1. The number of nitrogens with one attached hydrogen (secondary N) is 1. The lowest BCUT2D eigenvalue weighted by atomic mass is 10.2. The Morgan fingerprint density at radius 1 is 1.10 bits per heavy atom. The van der Waals surface area contributed by atoms with E-state index < -0.39 is 0 Å². The van der Waals surface area contributed by atoms with Gasteiger partial charge in [-0.05, 0) is 30.5 Å². The van der Waals surface area contributed by atoms with Crippen LogP contribution in [0, 0.1) is 0 Å². The van der Waals surface area contributed by atoms with Crippen LogP contribution in [-0.2, 0) is 22.6 Å². The van der Waals surface area contributed by atoms with Crippen molar-refractivity contribution in [1.82, 2.24) is 19.7 Å². The molecule has 1 saturated carbocycles. The van der Waals surface area contributed by atoms with Crippen LogP contribution in [0.4, 0.5) is 0 Å². The van der Waals surface area contributed by atoms with E-state index in [-0.39, 0.29) is 5.91 Å². The Morgan fingerprint density at radius 2 is 1.90 bits per heavy atom. The number of ether oxygens (including phenoxy) is 1. The number of carbonyl (C=O) groups excluding carboxylic acids is 1. The summed E-state index contributed by atoms with van der Waals surface area (Å²) in [5, 5.41) is 3.35. The highest BCUT2D eigenvalue weighted by Crippen LogP contribution is 2.28. The standard InChI is InChI=1S/C23H32N4O2/c28-23(17-24-10-12-25-13-15-29-16-14-25)27(21-8-9-21)19-22-7-4-11-26(22)18-20-5-2-1-3-6-20/h1-7,11,21,24H,8-10,12-19H2. The summed E-state index contributed by atoms with van der Waals surface area (Å²) in [5.41, 5.74) is 2.47. The number of hydrogen-bond acceptors (Lipinski definition) is 4. The van der Waals surface area contributed by atoms with Crippen molar-refractivity contribution in [3.05, 3.63) is 59.9 Å². The highest BCUT2D eigenvalue weighted by atomic mass is 16.5. The number of carbonyl (C=O) groups is 1. The maximum absolute atomic E-state index is 12.9. The zero-order chi connectivity index (χ0) is 19.9. The number of morpholine rings is 1. The number of rotatable bonds is 10. The van der Waals surface area contributed by atoms with Gasteiger partial charge in [0.2, 0.25) is 5.91 Å². The van der Waals surface area contributed by atoms with Crippen LogP contribution in [0.15, 0.2) is 48.7 Å². The molecule has 156 valence electrons. The summed E-state index contributed by atoms with van der Waals surface area (Å²) in [6.07, 6.45) is 4.36. The van der Waals surface area contributed by atoms with Crippen molar-refractivity contribution >= 4 is 5.91 Å². The first-order valence-electron chi connectivity index (χ1n) is 10.8. The van der Waals surface area contributed by atoms with E-state index in [0.29, 0.717) is 19.1 Å². The van der Waals surface area contributed by atoms with E-state index >= 15 is 0 Å². The van der Waals surface area contributed by atoms with E-state index in [9.17, 15) is 4.79 Å². The molecule has 0 unspecified atom stereocenters. The van der Waals surface area contributed by atoms with Gasteiger partial charge in [0, 0.05) is 50.7 Å². The van der Waals surface area contributed by atoms with Crippen molar-refractivity contribution in [1.29, 1.82) is 0 Å². The molecule has 1 aromatic heterocycles. The van der Waals surface area contributed by atoms with Crippen molar-refractivity contribution in [3.63, 3.8) is 0 Å². The molecule has 1 aliphatic carbocycles. The number of nitrogens with zero attached hydrogens (tertiary/aromatic N) is 3. The molecule has 1 aliphatic heterocycles. The van der Waals surface area contributed by atoms with E-state index in [0.717, 1.165) is 58.8 Å². The normalized spacial score (nSPS) is 17.4. The third-order valence-corrected chi connectivity index (χ3v) is 5.74. The molecule has 0 bridgehead atoms. The van der Waals surface area contributed by atoms with Gasteiger partial charge in [0.25, 0.3) is 0 Å². The monoisotopic (exact) mass is 396 g/mol. The van der Waals surface area contributed by atoms with Crippen LogP contribution >= 0.6 is 0 Å². The van der Waals surface area contributed by atoms with Gasteiger partial charge in [0.05, 0.1) is 26.3 Å². The number of hydrogen-bond donors (Lipinski definition) is 1. The van der Waals surface area contributed by atoms with Crippen LogP contribution in [0.5, 0.6) is 0 Å². The highest BCUT2D eigenvalue weighted by molar-refractivity contribution is 5.78. The lowest BCUT2D eigenvalue weighted by Gasteiger charge is -2.27. The summed E-state index contributed by atoms with van der Waals surface area (Å²) >= 11 is 0. The Labute approximate surface area is 173 Å². The van der Waals surface area contributed by atoms with Crippen LogP contribution in [-0.4, -0.2) is 72.3 Å². The minimum Gasteiger partial charge on any atom is -0.379 e. The number of amides is 1. The fourth-order valence-corrected chi connectivity index (χ4v) is 3.87. The summed E-state index contributed by atoms with van der Waals surface area (Å²) in [7, 11) is 0. The molecule has 1 N–H and O–H groups in total. The molecule has 1 amide bonds. The van der Waals surface area contributed by atoms with Gasteiger partial charge < -0.3 is 19.5 Å². The van der Waals surface area contributed by atoms with Crippen LogP contribution in [0.2, 0.25) is 0 Å². The molecule has 0 radical (unpaired) electrons. The minimum absolute atomic E-state index is 0.210. The predicted molar refractivity (Wildman–Crippen MR) is 114 cm³/mol. The lowest BCUT2D eigenvalue weighted by Crippen LogP contribution is -2.43. The van der Waals surface area contributed by atoms with Gasteiger partial charge in [0.1, 0.15) is 0 Å². The molecule has 6 heteroatoms. The largest absolute Gasteiger partial charge is 0.379 e. The topological polar surface area (TPSA) is 49.7 Å². The molecule has 2 aromatic rings. The Kier molecular flexibility index (Phi) is 6.98. The van der Waals surface area contributed by atoms with Gasteiger partial charge >= 0.3 is 0 Å². The third kappa shape index (κ3) is 5.92. The Balaban J connectivity index is 1.28. The van der Waals surface area contributed by atoms with E-state index in [1.165, 1.54) is 11.3 Å². The van der Waals surface area contributed by atoms with Gasteiger partial charge in [-0.3, -0.25) is 9.69 Å².